The fraction of sp³-hybridized carbons (Fsp3) is 0.0667. The van der Waals surface area contributed by atoms with Crippen LogP contribution in [-0.4, -0.2) is 24.9 Å². The largest absolute Gasteiger partial charge is 0.438 e. The molecule has 8 nitrogen and oxygen atoms in total. The van der Waals surface area contributed by atoms with Crippen molar-refractivity contribution < 1.29 is 10.1 Å². The van der Waals surface area contributed by atoms with Crippen LogP contribution in [0.25, 0.3) is 5.69 Å². The van der Waals surface area contributed by atoms with Gasteiger partial charge in [0.2, 0.25) is 0 Å². The maximum Gasteiger partial charge on any atom is 0.438 e. The lowest BCUT2D eigenvalue weighted by molar-refractivity contribution is -0.391. The standard InChI is InChI=1S/C15H12BrN5O3/c1-10-3-2-4-13(9-10)19-18-15(21(23)24)14(20(19)22)17-12-7-5-11(16)6-8-12/h2-9,22H,1H3. The van der Waals surface area contributed by atoms with E-state index in [1.807, 2.05) is 13.0 Å². The van der Waals surface area contributed by atoms with Crippen molar-refractivity contribution in [1.29, 1.82) is 0 Å². The molecule has 0 unspecified atom stereocenters. The van der Waals surface area contributed by atoms with Crippen LogP contribution in [0.15, 0.2) is 58.0 Å². The van der Waals surface area contributed by atoms with Crippen LogP contribution in [-0.2, 0) is 0 Å². The molecule has 0 aliphatic heterocycles. The summed E-state index contributed by atoms with van der Waals surface area (Å²) in [6.07, 6.45) is 0. The number of nitro groups is 1. The van der Waals surface area contributed by atoms with Gasteiger partial charge in [-0.25, -0.2) is 4.99 Å². The SMILES string of the molecule is Cc1cccc(-n2nc([N+](=O)[O-])c(=Nc3ccc(Br)cc3)n2O)c1. The summed E-state index contributed by atoms with van der Waals surface area (Å²) < 4.78 is 0.850. The van der Waals surface area contributed by atoms with E-state index < -0.39 is 10.7 Å². The van der Waals surface area contributed by atoms with Gasteiger partial charge in [-0.05, 0) is 58.6 Å². The average molecular weight is 390 g/mol. The van der Waals surface area contributed by atoms with Crippen molar-refractivity contribution in [2.24, 2.45) is 4.99 Å². The van der Waals surface area contributed by atoms with E-state index in [2.05, 4.69) is 26.0 Å². The van der Waals surface area contributed by atoms with Crippen LogP contribution in [0.4, 0.5) is 11.5 Å². The molecule has 0 aliphatic carbocycles. The van der Waals surface area contributed by atoms with E-state index >= 15 is 0 Å². The predicted octanol–water partition coefficient (Wildman–Crippen LogP) is 3.12. The van der Waals surface area contributed by atoms with Crippen molar-refractivity contribution in [3.63, 3.8) is 0 Å². The first kappa shape index (κ1) is 15.9. The molecule has 0 saturated heterocycles. The lowest BCUT2D eigenvalue weighted by Gasteiger charge is -2.00. The number of hydrogen-bond donors (Lipinski definition) is 1. The molecule has 2 aromatic carbocycles. The number of halogens is 1. The summed E-state index contributed by atoms with van der Waals surface area (Å²) in [6, 6.07) is 13.9. The zero-order valence-corrected chi connectivity index (χ0v) is 14.1. The topological polar surface area (TPSA) is 98.5 Å². The van der Waals surface area contributed by atoms with E-state index in [4.69, 9.17) is 0 Å². The molecule has 0 spiro atoms. The minimum Gasteiger partial charge on any atom is -0.409 e. The van der Waals surface area contributed by atoms with E-state index in [0.29, 0.717) is 16.2 Å². The van der Waals surface area contributed by atoms with Crippen molar-refractivity contribution >= 4 is 27.4 Å². The van der Waals surface area contributed by atoms with Gasteiger partial charge >= 0.3 is 5.82 Å². The molecule has 0 amide bonds. The maximum absolute atomic E-state index is 11.3. The van der Waals surface area contributed by atoms with E-state index in [1.54, 1.807) is 42.5 Å². The predicted molar refractivity (Wildman–Crippen MR) is 89.5 cm³/mol. The molecule has 0 aliphatic rings. The van der Waals surface area contributed by atoms with Gasteiger partial charge in [-0.3, -0.25) is 0 Å². The third-order valence-corrected chi connectivity index (χ3v) is 3.75. The second-order valence-corrected chi connectivity index (χ2v) is 5.93. The molecule has 3 aromatic rings. The Balaban J connectivity index is 2.22. The van der Waals surface area contributed by atoms with Crippen LogP contribution in [0.1, 0.15) is 5.56 Å². The van der Waals surface area contributed by atoms with E-state index in [9.17, 15) is 15.3 Å². The molecule has 3 rings (SSSR count). The van der Waals surface area contributed by atoms with Gasteiger partial charge in [0.25, 0.3) is 5.49 Å². The lowest BCUT2D eigenvalue weighted by atomic mass is 10.2. The summed E-state index contributed by atoms with van der Waals surface area (Å²) in [5.41, 5.74) is 1.60. The Morgan fingerprint density at radius 2 is 1.96 bits per heavy atom. The summed E-state index contributed by atoms with van der Waals surface area (Å²) in [5.74, 6) is -0.540. The fourth-order valence-electron chi connectivity index (χ4n) is 2.13. The molecule has 0 bridgehead atoms. The highest BCUT2D eigenvalue weighted by Gasteiger charge is 2.24. The molecule has 24 heavy (non-hydrogen) atoms. The van der Waals surface area contributed by atoms with Crippen molar-refractivity contribution in [2.45, 2.75) is 6.92 Å². The molecule has 1 heterocycles. The first-order valence-electron chi connectivity index (χ1n) is 6.89. The van der Waals surface area contributed by atoms with Crippen LogP contribution in [0, 0.1) is 17.0 Å². The van der Waals surface area contributed by atoms with Gasteiger partial charge < -0.3 is 15.3 Å². The van der Waals surface area contributed by atoms with Crippen molar-refractivity contribution in [3.8, 4) is 5.69 Å². The highest BCUT2D eigenvalue weighted by molar-refractivity contribution is 9.10. The van der Waals surface area contributed by atoms with Gasteiger partial charge in [-0.1, -0.05) is 32.9 Å². The lowest BCUT2D eigenvalue weighted by Crippen LogP contribution is -2.22. The monoisotopic (exact) mass is 389 g/mol. The number of benzene rings is 2. The smallest absolute Gasteiger partial charge is 0.409 e. The molecule has 122 valence electrons. The van der Waals surface area contributed by atoms with Gasteiger partial charge in [0, 0.05) is 4.47 Å². The van der Waals surface area contributed by atoms with Crippen LogP contribution in [0.5, 0.6) is 0 Å². The average Bonchev–Trinajstić information content (AvgIpc) is 2.87. The van der Waals surface area contributed by atoms with E-state index in [0.717, 1.165) is 14.8 Å². The Bertz CT molecular complexity index is 976. The van der Waals surface area contributed by atoms with E-state index in [1.165, 1.54) is 0 Å². The third-order valence-electron chi connectivity index (χ3n) is 3.23. The van der Waals surface area contributed by atoms with Crippen LogP contribution in [0.3, 0.4) is 0 Å². The molecular weight excluding hydrogens is 378 g/mol. The summed E-state index contributed by atoms with van der Waals surface area (Å²) in [4.78, 5) is 16.3. The number of hydrogen-bond acceptors (Lipinski definition) is 5. The zero-order chi connectivity index (χ0) is 17.3. The second kappa shape index (κ2) is 6.28. The third kappa shape index (κ3) is 3.06. The molecule has 0 saturated carbocycles. The molecule has 0 atom stereocenters. The van der Waals surface area contributed by atoms with Gasteiger partial charge in [0.15, 0.2) is 0 Å². The second-order valence-electron chi connectivity index (χ2n) is 5.01. The van der Waals surface area contributed by atoms with Crippen molar-refractivity contribution in [2.75, 3.05) is 0 Å². The van der Waals surface area contributed by atoms with Crippen molar-refractivity contribution in [3.05, 3.63) is 74.2 Å². The molecule has 0 fully saturated rings. The Kier molecular flexibility index (Phi) is 4.17. The minimum atomic E-state index is -0.684. The minimum absolute atomic E-state index is 0.260. The van der Waals surface area contributed by atoms with Crippen molar-refractivity contribution in [1.82, 2.24) is 14.7 Å². The van der Waals surface area contributed by atoms with Crippen LogP contribution >= 0.6 is 15.9 Å². The first-order valence-corrected chi connectivity index (χ1v) is 7.68. The number of aryl methyl sites for hydroxylation is 1. The Labute approximate surface area is 144 Å². The summed E-state index contributed by atoms with van der Waals surface area (Å²) >= 11 is 3.30. The first-order chi connectivity index (χ1) is 11.5. The zero-order valence-electron chi connectivity index (χ0n) is 12.5. The molecule has 0 radical (unpaired) electrons. The highest BCUT2D eigenvalue weighted by Crippen LogP contribution is 2.17. The number of nitrogens with zero attached hydrogens (tertiary/aromatic N) is 5. The molecule has 1 aromatic heterocycles. The highest BCUT2D eigenvalue weighted by atomic mass is 79.9. The van der Waals surface area contributed by atoms with Gasteiger partial charge in [0.1, 0.15) is 5.69 Å². The Morgan fingerprint density at radius 1 is 1.25 bits per heavy atom. The van der Waals surface area contributed by atoms with E-state index in [-0.39, 0.29) is 5.49 Å². The quantitative estimate of drug-likeness (QED) is 0.422. The summed E-state index contributed by atoms with van der Waals surface area (Å²) in [7, 11) is 0. The molecular formula is C15H12BrN5O3. The Morgan fingerprint density at radius 3 is 2.58 bits per heavy atom. The Hall–Kier alpha value is -2.94. The number of aromatic nitrogens is 3. The maximum atomic E-state index is 11.3. The van der Waals surface area contributed by atoms with Gasteiger partial charge in [-0.2, -0.15) is 0 Å². The van der Waals surface area contributed by atoms with Crippen LogP contribution < -0.4 is 5.49 Å². The molecule has 9 heteroatoms. The summed E-state index contributed by atoms with van der Waals surface area (Å²) in [6.45, 7) is 1.87. The van der Waals surface area contributed by atoms with Gasteiger partial charge in [0.05, 0.1) is 10.8 Å². The normalized spacial score (nSPS) is 11.7. The summed E-state index contributed by atoms with van der Waals surface area (Å²) in [5, 5.41) is 25.5. The van der Waals surface area contributed by atoms with Gasteiger partial charge in [-0.15, -0.1) is 0 Å². The molecule has 1 N–H and O–H groups in total. The fourth-order valence-corrected chi connectivity index (χ4v) is 2.39. The van der Waals surface area contributed by atoms with Crippen LogP contribution in [0.2, 0.25) is 0 Å². The number of rotatable bonds is 3.